The Morgan fingerprint density at radius 1 is 1.21 bits per heavy atom. The number of carbonyl (C=O) groups is 1. The zero-order valence-corrected chi connectivity index (χ0v) is 12.2. The largest absolute Gasteiger partial charge is 0.382 e. The smallest absolute Gasteiger partial charge is 0.145 e. The van der Waals surface area contributed by atoms with Crippen molar-refractivity contribution in [3.63, 3.8) is 0 Å². The van der Waals surface area contributed by atoms with Gasteiger partial charge >= 0.3 is 0 Å². The summed E-state index contributed by atoms with van der Waals surface area (Å²) in [6.45, 7) is 7.25. The molecule has 108 valence electrons. The van der Waals surface area contributed by atoms with Crippen LogP contribution in [0.5, 0.6) is 0 Å². The van der Waals surface area contributed by atoms with Gasteiger partial charge in [0.1, 0.15) is 6.29 Å². The highest BCUT2D eigenvalue weighted by molar-refractivity contribution is 5.72. The summed E-state index contributed by atoms with van der Waals surface area (Å²) in [5, 5.41) is 0. The zero-order valence-electron chi connectivity index (χ0n) is 12.2. The molecule has 4 nitrogen and oxygen atoms in total. The van der Waals surface area contributed by atoms with Crippen molar-refractivity contribution in [2.45, 2.75) is 32.8 Å². The minimum Gasteiger partial charge on any atom is -0.382 e. The van der Waals surface area contributed by atoms with Crippen molar-refractivity contribution in [1.82, 2.24) is 4.90 Å². The second-order valence-electron chi connectivity index (χ2n) is 4.89. The Morgan fingerprint density at radius 2 is 1.89 bits per heavy atom. The first-order valence-corrected chi connectivity index (χ1v) is 6.83. The Labute approximate surface area is 116 Å². The van der Waals surface area contributed by atoms with Crippen LogP contribution in [0.1, 0.15) is 26.7 Å². The first-order chi connectivity index (χ1) is 9.17. The Bertz CT molecular complexity index is 328. The molecule has 1 rings (SSSR count). The molecule has 0 N–H and O–H groups in total. The number of ether oxygens (including phenoxy) is 2. The number of rotatable bonds is 7. The summed E-state index contributed by atoms with van der Waals surface area (Å²) in [5.74, 6) is 0. The molecule has 0 spiro atoms. The minimum absolute atomic E-state index is 0.353. The lowest BCUT2D eigenvalue weighted by atomic mass is 10.1. The highest BCUT2D eigenvalue weighted by atomic mass is 16.5. The van der Waals surface area contributed by atoms with Gasteiger partial charge in [-0.15, -0.1) is 0 Å². The molecule has 0 aromatic rings. The van der Waals surface area contributed by atoms with Crippen LogP contribution in [0.15, 0.2) is 23.4 Å². The molecule has 0 aliphatic carbocycles. The van der Waals surface area contributed by atoms with Crippen LogP contribution in [-0.4, -0.2) is 50.7 Å². The molecule has 0 aromatic heterocycles. The molecule has 0 bridgehead atoms. The van der Waals surface area contributed by atoms with E-state index in [1.165, 1.54) is 5.70 Å². The molecule has 0 radical (unpaired) electrons. The van der Waals surface area contributed by atoms with Crippen LogP contribution >= 0.6 is 0 Å². The Hall–Kier alpha value is -1.13. The predicted molar refractivity (Wildman–Crippen MR) is 76.0 cm³/mol. The van der Waals surface area contributed by atoms with E-state index in [-0.39, 0.29) is 0 Å². The van der Waals surface area contributed by atoms with Crippen LogP contribution < -0.4 is 0 Å². The molecule has 0 saturated carbocycles. The summed E-state index contributed by atoms with van der Waals surface area (Å²) in [7, 11) is 1.69. The van der Waals surface area contributed by atoms with E-state index < -0.39 is 0 Å². The van der Waals surface area contributed by atoms with Crippen LogP contribution in [0.25, 0.3) is 0 Å². The summed E-state index contributed by atoms with van der Waals surface area (Å²) in [6.07, 6.45) is 7.20. The van der Waals surface area contributed by atoms with E-state index in [0.29, 0.717) is 19.3 Å². The van der Waals surface area contributed by atoms with Gasteiger partial charge in [-0.1, -0.05) is 6.08 Å². The van der Waals surface area contributed by atoms with Gasteiger partial charge in [-0.3, -0.25) is 4.79 Å². The molecule has 1 aliphatic rings. The summed E-state index contributed by atoms with van der Waals surface area (Å²) < 4.78 is 10.7. The summed E-state index contributed by atoms with van der Waals surface area (Å²) >= 11 is 0. The molecule has 1 aliphatic heterocycles. The Morgan fingerprint density at radius 3 is 2.47 bits per heavy atom. The third-order valence-corrected chi connectivity index (χ3v) is 3.36. The van der Waals surface area contributed by atoms with Crippen molar-refractivity contribution >= 4 is 6.29 Å². The van der Waals surface area contributed by atoms with E-state index in [9.17, 15) is 4.79 Å². The second-order valence-corrected chi connectivity index (χ2v) is 4.89. The fourth-order valence-corrected chi connectivity index (χ4v) is 2.07. The van der Waals surface area contributed by atoms with E-state index in [1.807, 2.05) is 19.1 Å². The molecule has 1 fully saturated rings. The maximum atomic E-state index is 10.5. The average molecular weight is 267 g/mol. The number of likely N-dealkylation sites (tertiary alicyclic amines) is 1. The van der Waals surface area contributed by atoms with Crippen molar-refractivity contribution < 1.29 is 14.3 Å². The van der Waals surface area contributed by atoms with Crippen molar-refractivity contribution in [2.75, 3.05) is 33.4 Å². The third kappa shape index (κ3) is 6.03. The number of carbonyl (C=O) groups excluding carboxylic acids is 1. The molecule has 0 amide bonds. The lowest BCUT2D eigenvalue weighted by molar-refractivity contribution is -0.104. The van der Waals surface area contributed by atoms with Gasteiger partial charge in [0, 0.05) is 25.9 Å². The maximum Gasteiger partial charge on any atom is 0.145 e. The van der Waals surface area contributed by atoms with E-state index >= 15 is 0 Å². The number of piperidine rings is 1. The number of methoxy groups -OCH3 is 1. The van der Waals surface area contributed by atoms with E-state index in [4.69, 9.17) is 9.47 Å². The molecule has 1 heterocycles. The standard InChI is InChI=1S/C15H25NO3/c1-13(12-17)4-5-14(2)16-8-6-15(7-9-16)19-11-10-18-3/h4-5,12,15H,6-11H2,1-3H3/b13-4+,14-5+. The van der Waals surface area contributed by atoms with Crippen molar-refractivity contribution in [3.8, 4) is 0 Å². The summed E-state index contributed by atoms with van der Waals surface area (Å²) in [6, 6.07) is 0. The second kappa shape index (κ2) is 8.88. The molecule has 0 unspecified atom stereocenters. The van der Waals surface area contributed by atoms with Crippen molar-refractivity contribution in [3.05, 3.63) is 23.4 Å². The lowest BCUT2D eigenvalue weighted by Crippen LogP contribution is -2.36. The number of allylic oxidation sites excluding steroid dienone is 4. The van der Waals surface area contributed by atoms with Gasteiger partial charge in [-0.25, -0.2) is 0 Å². The van der Waals surface area contributed by atoms with Gasteiger partial charge in [-0.2, -0.15) is 0 Å². The summed E-state index contributed by atoms with van der Waals surface area (Å²) in [4.78, 5) is 12.9. The van der Waals surface area contributed by atoms with Crippen molar-refractivity contribution in [2.24, 2.45) is 0 Å². The minimum atomic E-state index is 0.353. The van der Waals surface area contributed by atoms with E-state index in [1.54, 1.807) is 7.11 Å². The monoisotopic (exact) mass is 267 g/mol. The van der Waals surface area contributed by atoms with Crippen LogP contribution in [0.2, 0.25) is 0 Å². The fourth-order valence-electron chi connectivity index (χ4n) is 2.07. The zero-order chi connectivity index (χ0) is 14.1. The maximum absolute atomic E-state index is 10.5. The van der Waals surface area contributed by atoms with Gasteiger partial charge in [0.05, 0.1) is 19.3 Å². The molecular weight excluding hydrogens is 242 g/mol. The van der Waals surface area contributed by atoms with E-state index in [0.717, 1.165) is 37.8 Å². The van der Waals surface area contributed by atoms with Crippen LogP contribution in [-0.2, 0) is 14.3 Å². The SMILES string of the molecule is COCCOC1CCN(/C(C)=C/C=C(\C)C=O)CC1. The lowest BCUT2D eigenvalue weighted by Gasteiger charge is -2.34. The molecule has 0 aromatic carbocycles. The average Bonchev–Trinajstić information content (AvgIpc) is 2.45. The molecular formula is C15H25NO3. The normalized spacial score (nSPS) is 18.8. The first kappa shape index (κ1) is 15.9. The molecule has 1 saturated heterocycles. The number of nitrogens with zero attached hydrogens (tertiary/aromatic N) is 1. The third-order valence-electron chi connectivity index (χ3n) is 3.36. The van der Waals surface area contributed by atoms with Gasteiger partial charge in [0.25, 0.3) is 0 Å². The summed E-state index contributed by atoms with van der Waals surface area (Å²) in [5.41, 5.74) is 1.95. The van der Waals surface area contributed by atoms with Gasteiger partial charge in [0.15, 0.2) is 0 Å². The quantitative estimate of drug-likeness (QED) is 0.307. The number of aldehydes is 1. The van der Waals surface area contributed by atoms with Crippen LogP contribution in [0.3, 0.4) is 0 Å². The highest BCUT2D eigenvalue weighted by Gasteiger charge is 2.19. The predicted octanol–water partition coefficient (Wildman–Crippen LogP) is 2.16. The fraction of sp³-hybridized carbons (Fsp3) is 0.667. The molecule has 4 heteroatoms. The topological polar surface area (TPSA) is 38.8 Å². The Balaban J connectivity index is 2.34. The van der Waals surface area contributed by atoms with Gasteiger partial charge < -0.3 is 14.4 Å². The Kier molecular flexibility index (Phi) is 7.45. The van der Waals surface area contributed by atoms with Crippen LogP contribution in [0.4, 0.5) is 0 Å². The van der Waals surface area contributed by atoms with Gasteiger partial charge in [-0.05, 0) is 38.3 Å². The molecule has 19 heavy (non-hydrogen) atoms. The number of hydrogen-bond acceptors (Lipinski definition) is 4. The number of hydrogen-bond donors (Lipinski definition) is 0. The van der Waals surface area contributed by atoms with Crippen molar-refractivity contribution in [1.29, 1.82) is 0 Å². The van der Waals surface area contributed by atoms with Crippen LogP contribution in [0, 0.1) is 0 Å². The molecule has 0 atom stereocenters. The van der Waals surface area contributed by atoms with Gasteiger partial charge in [0.2, 0.25) is 0 Å². The van der Waals surface area contributed by atoms with E-state index in [2.05, 4.69) is 11.8 Å². The first-order valence-electron chi connectivity index (χ1n) is 6.83. The highest BCUT2D eigenvalue weighted by Crippen LogP contribution is 2.17.